The van der Waals surface area contributed by atoms with E-state index >= 15 is 0 Å². The molecule has 2 aliphatic heterocycles. The fourth-order valence-corrected chi connectivity index (χ4v) is 6.31. The van der Waals surface area contributed by atoms with Crippen LogP contribution < -0.4 is 10.1 Å². The number of piperidine rings is 1. The molecule has 1 aromatic carbocycles. The molecule has 3 fully saturated rings. The first kappa shape index (κ1) is 21.9. The van der Waals surface area contributed by atoms with Gasteiger partial charge in [0.05, 0.1) is 18.5 Å². The molecule has 2 saturated heterocycles. The minimum atomic E-state index is 0.147. The van der Waals surface area contributed by atoms with Gasteiger partial charge in [0.25, 0.3) is 5.91 Å². The number of nitrogens with one attached hydrogen (secondary N) is 1. The molecule has 0 radical (unpaired) electrons. The average molecular weight is 484 g/mol. The Morgan fingerprint density at radius 2 is 1.92 bits per heavy atom. The second-order valence-corrected chi connectivity index (χ2v) is 10.9. The summed E-state index contributed by atoms with van der Waals surface area (Å²) >= 11 is 0. The molecule has 7 heteroatoms. The van der Waals surface area contributed by atoms with Gasteiger partial charge in [0.2, 0.25) is 5.88 Å². The van der Waals surface area contributed by atoms with Gasteiger partial charge in [-0.25, -0.2) is 0 Å². The number of hydrogen-bond donors (Lipinski definition) is 1. The first-order valence-corrected chi connectivity index (χ1v) is 13.3. The third kappa shape index (κ3) is 3.60. The van der Waals surface area contributed by atoms with Crippen LogP contribution in [-0.2, 0) is 13.6 Å². The van der Waals surface area contributed by atoms with Crippen molar-refractivity contribution in [3.8, 4) is 17.3 Å². The molecular weight excluding hydrogens is 450 g/mol. The molecule has 2 atom stereocenters. The first-order valence-electron chi connectivity index (χ1n) is 13.3. The number of ether oxygens (including phenoxy) is 1. The van der Waals surface area contributed by atoms with E-state index in [1.165, 1.54) is 25.0 Å². The number of aryl methyl sites for hydroxylation is 1. The number of amides is 1. The maximum atomic E-state index is 13.4. The van der Waals surface area contributed by atoms with Gasteiger partial charge in [-0.3, -0.25) is 4.79 Å². The predicted octanol–water partition coefficient (Wildman–Crippen LogP) is 4.44. The number of benzene rings is 1. The smallest absolute Gasteiger partial charge is 0.253 e. The SMILES string of the molecule is COc1ccc2cc(-c3cc4cc(C(=O)N5CC[C@H]6CCN[C@H]6C5)ccc4n3C)n(CC3CC3)c2n1. The Morgan fingerprint density at radius 1 is 1.06 bits per heavy atom. The van der Waals surface area contributed by atoms with Crippen molar-refractivity contribution >= 4 is 27.8 Å². The molecule has 3 aromatic heterocycles. The fraction of sp³-hybridized carbons (Fsp3) is 0.448. The van der Waals surface area contributed by atoms with E-state index in [0.717, 1.165) is 71.7 Å². The molecular formula is C29H33N5O2. The van der Waals surface area contributed by atoms with Crippen molar-refractivity contribution < 1.29 is 9.53 Å². The lowest BCUT2D eigenvalue weighted by atomic mass is 9.92. The average Bonchev–Trinajstić information content (AvgIpc) is 3.34. The van der Waals surface area contributed by atoms with Crippen LogP contribution in [0, 0.1) is 11.8 Å². The summed E-state index contributed by atoms with van der Waals surface area (Å²) in [5.74, 6) is 2.23. The zero-order valence-electron chi connectivity index (χ0n) is 21.0. The van der Waals surface area contributed by atoms with Gasteiger partial charge in [-0.15, -0.1) is 0 Å². The molecule has 186 valence electrons. The summed E-state index contributed by atoms with van der Waals surface area (Å²) in [7, 11) is 3.78. The molecule has 0 bridgehead atoms. The summed E-state index contributed by atoms with van der Waals surface area (Å²) in [6, 6.07) is 15.1. The van der Waals surface area contributed by atoms with Crippen molar-refractivity contribution in [2.24, 2.45) is 18.9 Å². The van der Waals surface area contributed by atoms with Gasteiger partial charge >= 0.3 is 0 Å². The lowest BCUT2D eigenvalue weighted by Gasteiger charge is -2.35. The van der Waals surface area contributed by atoms with Crippen molar-refractivity contribution in [2.45, 2.75) is 38.3 Å². The minimum absolute atomic E-state index is 0.147. The minimum Gasteiger partial charge on any atom is -0.481 e. The number of fused-ring (bicyclic) bond motifs is 3. The molecule has 36 heavy (non-hydrogen) atoms. The van der Waals surface area contributed by atoms with Gasteiger partial charge in [0, 0.05) is 60.6 Å². The van der Waals surface area contributed by atoms with Crippen LogP contribution in [0.15, 0.2) is 42.5 Å². The van der Waals surface area contributed by atoms with Crippen LogP contribution in [-0.4, -0.2) is 57.7 Å². The predicted molar refractivity (Wildman–Crippen MR) is 141 cm³/mol. The maximum absolute atomic E-state index is 13.4. The number of methoxy groups -OCH3 is 1. The molecule has 1 saturated carbocycles. The van der Waals surface area contributed by atoms with Crippen molar-refractivity contribution in [2.75, 3.05) is 26.7 Å². The van der Waals surface area contributed by atoms with E-state index in [0.29, 0.717) is 17.8 Å². The summed E-state index contributed by atoms with van der Waals surface area (Å²) in [6.07, 6.45) is 4.89. The molecule has 1 aliphatic carbocycles. The molecule has 4 aromatic rings. The van der Waals surface area contributed by atoms with Gasteiger partial charge in [0.15, 0.2) is 0 Å². The van der Waals surface area contributed by atoms with Gasteiger partial charge in [0.1, 0.15) is 5.65 Å². The molecule has 1 N–H and O–H groups in total. The highest BCUT2D eigenvalue weighted by molar-refractivity contribution is 5.99. The third-order valence-corrected chi connectivity index (χ3v) is 8.58. The van der Waals surface area contributed by atoms with Gasteiger partial charge in [-0.05, 0) is 80.5 Å². The highest BCUT2D eigenvalue weighted by atomic mass is 16.5. The summed E-state index contributed by atoms with van der Waals surface area (Å²) in [4.78, 5) is 20.3. The Hall–Kier alpha value is -3.32. The molecule has 1 amide bonds. The van der Waals surface area contributed by atoms with Gasteiger partial charge < -0.3 is 24.1 Å². The Balaban J connectivity index is 1.26. The van der Waals surface area contributed by atoms with E-state index in [9.17, 15) is 4.79 Å². The molecule has 5 heterocycles. The summed E-state index contributed by atoms with van der Waals surface area (Å²) in [6.45, 7) is 3.72. The van der Waals surface area contributed by atoms with Crippen molar-refractivity contribution in [3.63, 3.8) is 0 Å². The molecule has 7 rings (SSSR count). The maximum Gasteiger partial charge on any atom is 0.253 e. The summed E-state index contributed by atoms with van der Waals surface area (Å²) in [5, 5.41) is 5.80. The van der Waals surface area contributed by atoms with Crippen molar-refractivity contribution in [1.29, 1.82) is 0 Å². The quantitative estimate of drug-likeness (QED) is 0.456. The fourth-order valence-electron chi connectivity index (χ4n) is 6.31. The second-order valence-electron chi connectivity index (χ2n) is 10.9. The number of pyridine rings is 1. The van der Waals surface area contributed by atoms with Crippen molar-refractivity contribution in [3.05, 3.63) is 48.0 Å². The topological polar surface area (TPSA) is 64.3 Å². The van der Waals surface area contributed by atoms with E-state index in [4.69, 9.17) is 9.72 Å². The van der Waals surface area contributed by atoms with Gasteiger partial charge in [-0.2, -0.15) is 4.98 Å². The number of rotatable bonds is 5. The second kappa shape index (κ2) is 8.37. The summed E-state index contributed by atoms with van der Waals surface area (Å²) in [5.41, 5.74) is 5.19. The monoisotopic (exact) mass is 483 g/mol. The summed E-state index contributed by atoms with van der Waals surface area (Å²) < 4.78 is 10.0. The molecule has 0 spiro atoms. The van der Waals surface area contributed by atoms with E-state index in [1.807, 2.05) is 17.0 Å². The van der Waals surface area contributed by atoms with Gasteiger partial charge in [-0.1, -0.05) is 0 Å². The number of carbonyl (C=O) groups excluding carboxylic acids is 1. The standard InChI is InChI=1S/C29H33N5O2/c1-32-24-7-5-21(29(35)33-12-10-19-9-11-30-23(19)17-33)13-22(24)15-25(32)26-14-20-6-8-27(36-2)31-28(20)34(26)16-18-3-4-18/h5-8,13-15,18-19,23,30H,3-4,9-12,16-17H2,1-2H3/t19-,23+/m1/s1. The van der Waals surface area contributed by atoms with E-state index in [-0.39, 0.29) is 5.91 Å². The lowest BCUT2D eigenvalue weighted by molar-refractivity contribution is 0.0669. The largest absolute Gasteiger partial charge is 0.481 e. The normalized spacial score (nSPS) is 21.9. The van der Waals surface area contributed by atoms with Crippen LogP contribution in [0.25, 0.3) is 33.3 Å². The Morgan fingerprint density at radius 3 is 2.75 bits per heavy atom. The number of likely N-dealkylation sites (tertiary alicyclic amines) is 1. The number of carbonyl (C=O) groups is 1. The Labute approximate surface area is 211 Å². The molecule has 7 nitrogen and oxygen atoms in total. The third-order valence-electron chi connectivity index (χ3n) is 8.58. The zero-order chi connectivity index (χ0) is 24.4. The van der Waals surface area contributed by atoms with Crippen LogP contribution >= 0.6 is 0 Å². The highest BCUT2D eigenvalue weighted by Gasteiger charge is 2.34. The van der Waals surface area contributed by atoms with E-state index < -0.39 is 0 Å². The Bertz CT molecular complexity index is 1480. The van der Waals surface area contributed by atoms with Crippen LogP contribution in [0.3, 0.4) is 0 Å². The molecule has 0 unspecified atom stereocenters. The van der Waals surface area contributed by atoms with Crippen LogP contribution in [0.2, 0.25) is 0 Å². The highest BCUT2D eigenvalue weighted by Crippen LogP contribution is 2.37. The van der Waals surface area contributed by atoms with Crippen molar-refractivity contribution in [1.82, 2.24) is 24.3 Å². The Kier molecular flexibility index (Phi) is 5.10. The van der Waals surface area contributed by atoms with E-state index in [2.05, 4.69) is 51.8 Å². The van der Waals surface area contributed by atoms with E-state index in [1.54, 1.807) is 7.11 Å². The number of hydrogen-bond acceptors (Lipinski definition) is 4. The zero-order valence-corrected chi connectivity index (χ0v) is 21.0. The first-order chi connectivity index (χ1) is 17.6. The van der Waals surface area contributed by atoms with Crippen LogP contribution in [0.4, 0.5) is 0 Å². The molecule has 3 aliphatic rings. The number of nitrogens with zero attached hydrogens (tertiary/aromatic N) is 4. The van der Waals surface area contributed by atoms with Crippen LogP contribution in [0.1, 0.15) is 36.0 Å². The lowest BCUT2D eigenvalue weighted by Crippen LogP contribution is -2.48. The van der Waals surface area contributed by atoms with Crippen LogP contribution in [0.5, 0.6) is 5.88 Å². The number of aromatic nitrogens is 3.